The smallest absolute Gasteiger partial charge is 1.00 e. The van der Waals surface area contributed by atoms with E-state index in [1.54, 1.807) is 0 Å². The minimum atomic E-state index is 0. The zero-order valence-electron chi connectivity index (χ0n) is 4.16. The van der Waals surface area contributed by atoms with E-state index >= 15 is 0 Å². The van der Waals surface area contributed by atoms with Gasteiger partial charge in [-0.05, 0) is 0 Å². The summed E-state index contributed by atoms with van der Waals surface area (Å²) in [4.78, 5) is 0. The Morgan fingerprint density at radius 1 is 0.333 bits per heavy atom. The van der Waals surface area contributed by atoms with Gasteiger partial charge in [0.1, 0.15) is 0 Å². The number of hydrogen-bond donors (Lipinski definition) is 0. The Morgan fingerprint density at radius 3 is 0.333 bits per heavy atom. The Kier molecular flexibility index (Phi) is 25500. The molecule has 0 unspecified atom stereocenters. The van der Waals surface area contributed by atoms with Crippen LogP contribution in [-0.2, 0) is 0 Å². The zero-order chi connectivity index (χ0) is 0. The van der Waals surface area contributed by atoms with Gasteiger partial charge in [0.15, 0.2) is 0 Å². The molecule has 14 N–H and O–H groups in total. The molecule has 0 atom stereocenters. The van der Waals surface area contributed by atoms with E-state index in [2.05, 4.69) is 0 Å². The van der Waals surface area contributed by atoms with E-state index in [4.69, 9.17) is 0 Å². The Labute approximate surface area is 87.2 Å². The van der Waals surface area contributed by atoms with Crippen LogP contribution in [0.15, 0.2) is 0 Å². The van der Waals surface area contributed by atoms with Crippen LogP contribution in [0.2, 0.25) is 0 Å². The van der Waals surface area contributed by atoms with Gasteiger partial charge in [0.2, 0.25) is 0 Å². The largest absolute Gasteiger partial charge is 3.00 e. The summed E-state index contributed by atoms with van der Waals surface area (Å²) in [5, 5.41) is 0. The Balaban J connectivity index is 0. The molecule has 0 amide bonds. The van der Waals surface area contributed by atoms with Crippen molar-refractivity contribution in [2.75, 3.05) is 0 Å². The zero-order valence-corrected chi connectivity index (χ0v) is 6.69. The molecule has 0 radical (unpaired) electrons. The van der Waals surface area contributed by atoms with Gasteiger partial charge in [0.05, 0.1) is 0 Å². The molecule has 0 spiro atoms. The number of rotatable bonds is 0. The summed E-state index contributed by atoms with van der Waals surface area (Å²) in [5.41, 5.74) is 0. The van der Waals surface area contributed by atoms with Crippen molar-refractivity contribution in [1.82, 2.24) is 0 Å². The first-order valence-electron chi connectivity index (χ1n) is 0. The van der Waals surface area contributed by atoms with Crippen LogP contribution in [0, 0.1) is 36.9 Å². The normalized spacial score (nSPS) is 0. The summed E-state index contributed by atoms with van der Waals surface area (Å²) in [6, 6.07) is 0. The molecule has 0 aliphatic carbocycles. The standard InChI is InChI=1S/ClH.7H2O.Tm/h1H;7*1H2;/q;;;;;;;;+3/p-1. The molecule has 74 valence electrons. The van der Waals surface area contributed by atoms with Crippen molar-refractivity contribution in [3.8, 4) is 0 Å². The maximum absolute atomic E-state index is 0. The van der Waals surface area contributed by atoms with Gasteiger partial charge in [-0.1, -0.05) is 0 Å². The first-order valence-corrected chi connectivity index (χ1v) is 0. The van der Waals surface area contributed by atoms with Crippen molar-refractivity contribution in [2.45, 2.75) is 0 Å². The summed E-state index contributed by atoms with van der Waals surface area (Å²) in [6.07, 6.45) is 0. The van der Waals surface area contributed by atoms with Gasteiger partial charge in [-0.25, -0.2) is 0 Å². The predicted octanol–water partition coefficient (Wildman–Crippen LogP) is -8.77. The van der Waals surface area contributed by atoms with Crippen LogP contribution in [0.4, 0.5) is 0 Å². The number of hydrogen-bond acceptors (Lipinski definition) is 0. The number of halogens is 1. The van der Waals surface area contributed by atoms with Crippen LogP contribution in [0.5, 0.6) is 0 Å². The Hall–Kier alpha value is 1.24. The van der Waals surface area contributed by atoms with Crippen molar-refractivity contribution in [3.63, 3.8) is 0 Å². The summed E-state index contributed by atoms with van der Waals surface area (Å²) in [7, 11) is 0. The second-order valence-corrected chi connectivity index (χ2v) is 0. The van der Waals surface area contributed by atoms with Gasteiger partial charge >= 0.3 is 36.9 Å². The van der Waals surface area contributed by atoms with E-state index in [1.165, 1.54) is 0 Å². The third-order valence-electron chi connectivity index (χ3n) is 0. The average molecular weight is 330 g/mol. The minimum absolute atomic E-state index is 0. The molecule has 0 saturated heterocycles. The molecule has 0 saturated carbocycles. The molecule has 0 bridgehead atoms. The molecule has 0 aromatic rings. The first kappa shape index (κ1) is 566. The van der Waals surface area contributed by atoms with Crippen molar-refractivity contribution in [2.24, 2.45) is 0 Å². The third-order valence-corrected chi connectivity index (χ3v) is 0. The molecule has 0 heterocycles. The van der Waals surface area contributed by atoms with E-state index in [0.29, 0.717) is 0 Å². The van der Waals surface area contributed by atoms with Crippen LogP contribution in [0.25, 0.3) is 0 Å². The first-order chi connectivity index (χ1) is 0. The van der Waals surface area contributed by atoms with Crippen molar-refractivity contribution in [1.29, 1.82) is 0 Å². The van der Waals surface area contributed by atoms with Crippen LogP contribution < -0.4 is 12.4 Å². The van der Waals surface area contributed by atoms with Crippen LogP contribution in [-0.4, -0.2) is 38.3 Å². The Bertz CT molecular complexity index is 8.88. The minimum Gasteiger partial charge on any atom is -1.00 e. The maximum Gasteiger partial charge on any atom is 3.00 e. The summed E-state index contributed by atoms with van der Waals surface area (Å²) >= 11 is 0. The van der Waals surface area contributed by atoms with Crippen molar-refractivity contribution < 1.29 is 87.6 Å². The van der Waals surface area contributed by atoms with E-state index in [-0.39, 0.29) is 87.6 Å². The van der Waals surface area contributed by atoms with Crippen LogP contribution in [0.1, 0.15) is 0 Å². The molecule has 0 rings (SSSR count). The van der Waals surface area contributed by atoms with Crippen LogP contribution in [0.3, 0.4) is 0 Å². The topological polar surface area (TPSA) is 220 Å². The summed E-state index contributed by atoms with van der Waals surface area (Å²) in [6.45, 7) is 0. The van der Waals surface area contributed by atoms with Gasteiger partial charge in [-0.15, -0.1) is 0 Å². The maximum atomic E-state index is 0. The van der Waals surface area contributed by atoms with E-state index < -0.39 is 0 Å². The van der Waals surface area contributed by atoms with Gasteiger partial charge < -0.3 is 50.7 Å². The van der Waals surface area contributed by atoms with Crippen molar-refractivity contribution in [3.05, 3.63) is 0 Å². The molecule has 9 heteroatoms. The van der Waals surface area contributed by atoms with Gasteiger partial charge in [-0.2, -0.15) is 0 Å². The average Bonchev–Trinajstić information content (AvgIpc) is 0. The Morgan fingerprint density at radius 2 is 0.333 bits per heavy atom. The van der Waals surface area contributed by atoms with Crippen LogP contribution >= 0.6 is 0 Å². The predicted molar refractivity (Wildman–Crippen MR) is 25.3 cm³/mol. The van der Waals surface area contributed by atoms with E-state index in [9.17, 15) is 0 Å². The fourth-order valence-electron chi connectivity index (χ4n) is 0. The molecular formula is H14ClO7Tm+2. The molecule has 0 aliphatic rings. The molecule has 0 aliphatic heterocycles. The second kappa shape index (κ2) is 406. The van der Waals surface area contributed by atoms with Gasteiger partial charge in [-0.3, -0.25) is 0 Å². The fourth-order valence-corrected chi connectivity index (χ4v) is 0. The molecular weight excluding hydrogens is 316 g/mol. The van der Waals surface area contributed by atoms with Gasteiger partial charge in [0.25, 0.3) is 0 Å². The second-order valence-electron chi connectivity index (χ2n) is 0. The van der Waals surface area contributed by atoms with Crippen molar-refractivity contribution >= 4 is 0 Å². The SMILES string of the molecule is O.O.O.O.O.O.O.[Cl-].[Tm+3]. The summed E-state index contributed by atoms with van der Waals surface area (Å²) < 4.78 is 0. The van der Waals surface area contributed by atoms with Gasteiger partial charge in [0, 0.05) is 0 Å². The molecule has 0 aromatic heterocycles. The molecule has 9 heavy (non-hydrogen) atoms. The quantitative estimate of drug-likeness (QED) is 0.403. The van der Waals surface area contributed by atoms with E-state index in [0.717, 1.165) is 0 Å². The van der Waals surface area contributed by atoms with E-state index in [1.807, 2.05) is 0 Å². The fraction of sp³-hybridized carbons (Fsp3) is 0. The third kappa shape index (κ3) is 314. The molecule has 7 nitrogen and oxygen atoms in total. The molecule has 0 fully saturated rings. The monoisotopic (exact) mass is 330 g/mol. The molecule has 0 aromatic carbocycles. The summed E-state index contributed by atoms with van der Waals surface area (Å²) in [5.74, 6) is 0.